The standard InChI is InChI=1S/C37H37F2N7O4S.C2H4O2/c1-5-46(19-30-41-12-13-51-30)34(47)29-9-7-27-17-25(29)18-45(4)35(48)32(43-26-6-8-28-23(16-26)10-11-42-33(28)40)24-14-21(2)31(22(3)15-24)37(38,39)20-50-36(49)44-27;1-2(3)4/h6-17,32,43H,5,18-20H2,1-4H3,(H2,40,42)(H,44,49);1H3,(H,3,4)/t32-;/m1./s1. The number of hydrogen-bond acceptors (Lipinski definition) is 10. The Balaban J connectivity index is 0.00000138. The highest BCUT2D eigenvalue weighted by Gasteiger charge is 2.38. The molecule has 2 aromatic heterocycles. The van der Waals surface area contributed by atoms with Gasteiger partial charge in [-0.1, -0.05) is 12.1 Å². The third kappa shape index (κ3) is 9.51. The first kappa shape index (κ1) is 40.0. The number of nitrogen functional groups attached to an aromatic ring is 1. The number of carbonyl (C=O) groups is 4. The van der Waals surface area contributed by atoms with Crippen molar-refractivity contribution in [2.24, 2.45) is 0 Å². The van der Waals surface area contributed by atoms with E-state index in [9.17, 15) is 14.4 Å². The largest absolute Gasteiger partial charge is 0.481 e. The first-order valence-electron chi connectivity index (χ1n) is 17.2. The Labute approximate surface area is 320 Å². The van der Waals surface area contributed by atoms with Crippen LogP contribution in [0.4, 0.5) is 30.8 Å². The summed E-state index contributed by atoms with van der Waals surface area (Å²) in [5, 5.41) is 17.4. The summed E-state index contributed by atoms with van der Waals surface area (Å²) in [5.74, 6) is -4.68. The van der Waals surface area contributed by atoms with Crippen LogP contribution in [0.3, 0.4) is 0 Å². The van der Waals surface area contributed by atoms with Crippen molar-refractivity contribution in [3.05, 3.63) is 111 Å². The Morgan fingerprint density at radius 3 is 2.45 bits per heavy atom. The minimum Gasteiger partial charge on any atom is -0.481 e. The van der Waals surface area contributed by atoms with Crippen LogP contribution in [0.5, 0.6) is 0 Å². The number of anilines is 3. The van der Waals surface area contributed by atoms with Gasteiger partial charge in [-0.15, -0.1) is 11.3 Å². The Bertz CT molecular complexity index is 2210. The zero-order chi connectivity index (χ0) is 40.0. The Hall–Kier alpha value is -6.16. The number of ether oxygens (including phenoxy) is 1. The van der Waals surface area contributed by atoms with Crippen LogP contribution in [0.15, 0.2) is 72.4 Å². The average Bonchev–Trinajstić information content (AvgIpc) is 3.64. The smallest absolute Gasteiger partial charge is 0.411 e. The highest BCUT2D eigenvalue weighted by Crippen LogP contribution is 2.37. The van der Waals surface area contributed by atoms with Gasteiger partial charge in [-0.3, -0.25) is 19.7 Å². The number of carbonyl (C=O) groups excluding carboxylic acids is 3. The maximum atomic E-state index is 15.7. The van der Waals surface area contributed by atoms with E-state index in [0.717, 1.165) is 22.7 Å². The summed E-state index contributed by atoms with van der Waals surface area (Å²) in [6, 6.07) is 13.9. The van der Waals surface area contributed by atoms with E-state index in [1.54, 1.807) is 66.8 Å². The second-order valence-electron chi connectivity index (χ2n) is 13.0. The lowest BCUT2D eigenvalue weighted by molar-refractivity contribution is -0.134. The fraction of sp³-hybridized carbons (Fsp3) is 0.282. The summed E-state index contributed by atoms with van der Waals surface area (Å²) in [6.07, 6.45) is 2.18. The number of benzene rings is 3. The molecule has 4 heterocycles. The number of aliphatic carboxylic acids is 1. The van der Waals surface area contributed by atoms with Crippen LogP contribution in [0.25, 0.3) is 10.8 Å². The van der Waals surface area contributed by atoms with E-state index in [4.69, 9.17) is 20.4 Å². The van der Waals surface area contributed by atoms with Crippen molar-refractivity contribution in [3.8, 4) is 0 Å². The zero-order valence-corrected chi connectivity index (χ0v) is 31.7. The van der Waals surface area contributed by atoms with Crippen molar-refractivity contribution < 1.29 is 37.8 Å². The maximum absolute atomic E-state index is 15.7. The zero-order valence-electron chi connectivity index (χ0n) is 30.9. The lowest BCUT2D eigenvalue weighted by atomic mass is 9.91. The Kier molecular flexibility index (Phi) is 12.3. The van der Waals surface area contributed by atoms with Gasteiger partial charge in [0.05, 0.1) is 6.54 Å². The number of thiazole rings is 1. The SMILES string of the molecule is CC(=O)O.CCN(Cc1nccs1)C(=O)c1ccc2cc1CN(C)C(=O)[C@H](Nc1ccc3c(N)nccc3c1)c1cc(C)c(c(C)c1)C(F)(F)COC(=O)N2. The maximum Gasteiger partial charge on any atom is 0.411 e. The molecule has 16 heteroatoms. The van der Waals surface area contributed by atoms with Crippen molar-refractivity contribution >= 4 is 63.2 Å². The molecular weight excluding hydrogens is 733 g/mol. The molecule has 288 valence electrons. The topological polar surface area (TPSA) is 180 Å². The summed E-state index contributed by atoms with van der Waals surface area (Å²) < 4.78 is 36.3. The summed E-state index contributed by atoms with van der Waals surface area (Å²) in [4.78, 5) is 61.8. The lowest BCUT2D eigenvalue weighted by Crippen LogP contribution is -2.36. The van der Waals surface area contributed by atoms with Crippen LogP contribution in [0, 0.1) is 13.8 Å². The summed E-state index contributed by atoms with van der Waals surface area (Å²) in [7, 11) is 1.60. The van der Waals surface area contributed by atoms with E-state index in [-0.39, 0.29) is 47.3 Å². The van der Waals surface area contributed by atoms with Gasteiger partial charge < -0.3 is 30.7 Å². The number of fused-ring (bicyclic) bond motifs is 10. The van der Waals surface area contributed by atoms with E-state index >= 15 is 8.78 Å². The van der Waals surface area contributed by atoms with Crippen LogP contribution in [0.2, 0.25) is 0 Å². The number of hydrogen-bond donors (Lipinski definition) is 4. The molecule has 0 fully saturated rings. The molecule has 0 aliphatic carbocycles. The van der Waals surface area contributed by atoms with Crippen LogP contribution in [0.1, 0.15) is 63.1 Å². The van der Waals surface area contributed by atoms with E-state index in [1.165, 1.54) is 36.2 Å². The monoisotopic (exact) mass is 773 g/mol. The Morgan fingerprint density at radius 2 is 1.80 bits per heavy atom. The number of alkyl halides is 2. The van der Waals surface area contributed by atoms with Gasteiger partial charge in [-0.2, -0.15) is 8.78 Å². The van der Waals surface area contributed by atoms with E-state index in [1.807, 2.05) is 18.4 Å². The molecule has 2 aliphatic heterocycles. The van der Waals surface area contributed by atoms with Crippen molar-refractivity contribution in [2.45, 2.75) is 52.7 Å². The molecule has 0 saturated carbocycles. The van der Waals surface area contributed by atoms with E-state index in [0.29, 0.717) is 34.7 Å². The second kappa shape index (κ2) is 16.9. The van der Waals surface area contributed by atoms with E-state index in [2.05, 4.69) is 20.6 Å². The molecule has 7 rings (SSSR count). The van der Waals surface area contributed by atoms with Gasteiger partial charge in [0.15, 0.2) is 6.61 Å². The quantitative estimate of drug-likeness (QED) is 0.139. The summed E-state index contributed by atoms with van der Waals surface area (Å²) in [5.41, 5.74) is 8.22. The number of amides is 3. The lowest BCUT2D eigenvalue weighted by Gasteiger charge is -2.29. The van der Waals surface area contributed by atoms with Gasteiger partial charge in [-0.25, -0.2) is 14.8 Å². The van der Waals surface area contributed by atoms with Crippen LogP contribution < -0.4 is 16.4 Å². The molecule has 55 heavy (non-hydrogen) atoms. The predicted octanol–water partition coefficient (Wildman–Crippen LogP) is 7.11. The summed E-state index contributed by atoms with van der Waals surface area (Å²) >= 11 is 1.43. The van der Waals surface area contributed by atoms with Crippen molar-refractivity contribution in [1.82, 2.24) is 19.8 Å². The number of likely N-dealkylation sites (N-methyl/N-ethyl adjacent to an activating group) is 1. The molecule has 13 nitrogen and oxygen atoms in total. The number of carboxylic acid groups (broad SMARTS) is 1. The molecule has 5 N–H and O–H groups in total. The number of rotatable bonds is 6. The highest BCUT2D eigenvalue weighted by molar-refractivity contribution is 7.09. The average molecular weight is 774 g/mol. The van der Waals surface area contributed by atoms with Crippen molar-refractivity contribution in [2.75, 3.05) is 36.6 Å². The van der Waals surface area contributed by atoms with Gasteiger partial charge >= 0.3 is 12.0 Å². The number of aromatic nitrogens is 2. The predicted molar refractivity (Wildman–Crippen MR) is 206 cm³/mol. The van der Waals surface area contributed by atoms with Crippen molar-refractivity contribution in [3.63, 3.8) is 0 Å². The first-order valence-corrected chi connectivity index (χ1v) is 18.0. The minimum absolute atomic E-state index is 0.0223. The third-order valence-corrected chi connectivity index (χ3v) is 9.60. The molecule has 3 aromatic carbocycles. The number of aryl methyl sites for hydroxylation is 2. The number of nitrogens with one attached hydrogen (secondary N) is 2. The van der Waals surface area contributed by atoms with Gasteiger partial charge in [0.2, 0.25) is 5.91 Å². The molecule has 0 saturated heterocycles. The molecular formula is C39H41F2N7O6S. The number of nitrogens with zero attached hydrogens (tertiary/aromatic N) is 4. The third-order valence-electron chi connectivity index (χ3n) is 8.84. The summed E-state index contributed by atoms with van der Waals surface area (Å²) in [6.45, 7) is 5.46. The molecule has 0 spiro atoms. The molecule has 4 bridgehead atoms. The minimum atomic E-state index is -3.53. The number of carboxylic acids is 1. The normalized spacial score (nSPS) is 15.4. The van der Waals surface area contributed by atoms with Gasteiger partial charge in [0.1, 0.15) is 16.9 Å². The van der Waals surface area contributed by atoms with Gasteiger partial charge in [0.25, 0.3) is 11.9 Å². The van der Waals surface area contributed by atoms with E-state index < -0.39 is 30.6 Å². The number of halogens is 2. The fourth-order valence-electron chi connectivity index (χ4n) is 6.42. The highest BCUT2D eigenvalue weighted by atomic mass is 32.1. The van der Waals surface area contributed by atoms with Crippen LogP contribution in [-0.4, -0.2) is 69.0 Å². The van der Waals surface area contributed by atoms with Gasteiger partial charge in [0, 0.05) is 72.7 Å². The van der Waals surface area contributed by atoms with Crippen LogP contribution >= 0.6 is 11.3 Å². The molecule has 2 aliphatic rings. The van der Waals surface area contributed by atoms with Crippen molar-refractivity contribution in [1.29, 1.82) is 0 Å². The van der Waals surface area contributed by atoms with Gasteiger partial charge in [-0.05, 0) is 90.9 Å². The number of nitrogens with two attached hydrogens (primary N) is 1. The number of pyridine rings is 1. The first-order chi connectivity index (χ1) is 26.1. The molecule has 0 unspecified atom stereocenters. The fourth-order valence-corrected chi connectivity index (χ4v) is 7.06. The Morgan fingerprint density at radius 1 is 1.09 bits per heavy atom. The molecule has 3 amide bonds. The van der Waals surface area contributed by atoms with Crippen LogP contribution in [-0.2, 0) is 33.3 Å². The molecule has 1 atom stereocenters. The second-order valence-corrected chi connectivity index (χ2v) is 14.0. The molecule has 5 aromatic rings. The molecule has 0 radical (unpaired) electrons.